The highest BCUT2D eigenvalue weighted by atomic mass is 16.5. The molecule has 0 saturated carbocycles. The van der Waals surface area contributed by atoms with Crippen LogP contribution in [0.2, 0.25) is 0 Å². The van der Waals surface area contributed by atoms with E-state index in [4.69, 9.17) is 9.47 Å². The smallest absolute Gasteiger partial charge is 0.295 e. The van der Waals surface area contributed by atoms with Crippen LogP contribution in [0.15, 0.2) is 48.3 Å². The molecule has 0 aliphatic carbocycles. The van der Waals surface area contributed by atoms with Crippen molar-refractivity contribution in [1.82, 2.24) is 9.88 Å². The summed E-state index contributed by atoms with van der Waals surface area (Å²) in [5.74, 6) is -0.821. The van der Waals surface area contributed by atoms with Gasteiger partial charge in [-0.25, -0.2) is 0 Å². The summed E-state index contributed by atoms with van der Waals surface area (Å²) in [5, 5.41) is 11.1. The second-order valence-corrected chi connectivity index (χ2v) is 7.77. The van der Waals surface area contributed by atoms with Crippen LogP contribution < -0.4 is 4.74 Å². The van der Waals surface area contributed by atoms with E-state index >= 15 is 0 Å². The highest BCUT2D eigenvalue weighted by molar-refractivity contribution is 6.46. The molecular formula is C24H28N2O5. The van der Waals surface area contributed by atoms with Crippen LogP contribution in [-0.4, -0.2) is 53.0 Å². The van der Waals surface area contributed by atoms with Gasteiger partial charge in [-0.2, -0.15) is 0 Å². The van der Waals surface area contributed by atoms with Crippen molar-refractivity contribution in [3.05, 3.63) is 65.0 Å². The van der Waals surface area contributed by atoms with Gasteiger partial charge in [0, 0.05) is 38.2 Å². The number of nitrogens with zero attached hydrogens (tertiary/aromatic N) is 2. The fraction of sp³-hybridized carbons (Fsp3) is 0.375. The van der Waals surface area contributed by atoms with E-state index in [0.717, 1.165) is 5.56 Å². The third-order valence-corrected chi connectivity index (χ3v) is 5.12. The standard InChI is InChI=1S/C24H28N2O5/c1-15(2)31-19-7-6-18(14-16(19)3)22(27)20-21(17-8-10-25-11-9-17)26(12-5-13-30-4)24(29)23(20)28/h6-11,14-15,21,27H,5,12-13H2,1-4H3/b22-20+/t21-/m0/s1. The SMILES string of the molecule is COCCCN1C(=O)C(=O)/C(=C(/O)c2ccc(OC(C)C)c(C)c2)[C@@H]1c1ccncc1. The van der Waals surface area contributed by atoms with Crippen LogP contribution >= 0.6 is 0 Å². The van der Waals surface area contributed by atoms with Crippen LogP contribution in [0.4, 0.5) is 0 Å². The van der Waals surface area contributed by atoms with Gasteiger partial charge in [0.2, 0.25) is 0 Å². The molecule has 1 atom stereocenters. The van der Waals surface area contributed by atoms with E-state index in [1.54, 1.807) is 49.8 Å². The Balaban J connectivity index is 2.07. The molecule has 7 nitrogen and oxygen atoms in total. The third kappa shape index (κ3) is 4.77. The highest BCUT2D eigenvalue weighted by Gasteiger charge is 2.45. The van der Waals surface area contributed by atoms with Crippen molar-refractivity contribution in [2.45, 2.75) is 39.3 Å². The molecule has 164 valence electrons. The first-order valence-electron chi connectivity index (χ1n) is 10.3. The Bertz CT molecular complexity index is 985. The van der Waals surface area contributed by atoms with Gasteiger partial charge >= 0.3 is 0 Å². The number of likely N-dealkylation sites (tertiary alicyclic amines) is 1. The predicted molar refractivity (Wildman–Crippen MR) is 117 cm³/mol. The number of benzene rings is 1. The van der Waals surface area contributed by atoms with Crippen LogP contribution in [0.5, 0.6) is 5.75 Å². The molecule has 2 heterocycles. The molecule has 3 rings (SSSR count). The first-order chi connectivity index (χ1) is 14.8. The first-order valence-corrected chi connectivity index (χ1v) is 10.3. The van der Waals surface area contributed by atoms with Crippen molar-refractivity contribution >= 4 is 17.4 Å². The van der Waals surface area contributed by atoms with E-state index in [-0.39, 0.29) is 17.4 Å². The lowest BCUT2D eigenvalue weighted by Gasteiger charge is -2.25. The number of carbonyl (C=O) groups excluding carboxylic acids is 2. The maximum absolute atomic E-state index is 13.0. The van der Waals surface area contributed by atoms with Crippen molar-refractivity contribution in [1.29, 1.82) is 0 Å². The van der Waals surface area contributed by atoms with E-state index in [1.807, 2.05) is 20.8 Å². The Hall–Kier alpha value is -3.19. The van der Waals surface area contributed by atoms with Crippen molar-refractivity contribution in [3.8, 4) is 5.75 Å². The van der Waals surface area contributed by atoms with Crippen LogP contribution in [0.25, 0.3) is 5.76 Å². The van der Waals surface area contributed by atoms with Gasteiger partial charge in [0.1, 0.15) is 11.5 Å². The Morgan fingerprint density at radius 1 is 1.19 bits per heavy atom. The maximum Gasteiger partial charge on any atom is 0.295 e. The minimum absolute atomic E-state index is 0.0160. The van der Waals surface area contributed by atoms with E-state index in [9.17, 15) is 14.7 Å². The number of ether oxygens (including phenoxy) is 2. The van der Waals surface area contributed by atoms with Gasteiger partial charge in [0.25, 0.3) is 11.7 Å². The number of methoxy groups -OCH3 is 1. The molecular weight excluding hydrogens is 396 g/mol. The number of aliphatic hydroxyl groups is 1. The average molecular weight is 424 g/mol. The number of pyridine rings is 1. The molecule has 1 fully saturated rings. The summed E-state index contributed by atoms with van der Waals surface area (Å²) in [5.41, 5.74) is 2.07. The molecule has 1 saturated heterocycles. The number of ketones is 1. The zero-order valence-electron chi connectivity index (χ0n) is 18.3. The van der Waals surface area contributed by atoms with Gasteiger partial charge in [0.15, 0.2) is 0 Å². The fourth-order valence-corrected chi connectivity index (χ4v) is 3.72. The number of amides is 1. The predicted octanol–water partition coefficient (Wildman–Crippen LogP) is 3.64. The Morgan fingerprint density at radius 3 is 2.52 bits per heavy atom. The zero-order chi connectivity index (χ0) is 22.5. The van der Waals surface area contributed by atoms with Crippen molar-refractivity contribution < 1.29 is 24.2 Å². The van der Waals surface area contributed by atoms with Crippen molar-refractivity contribution in [2.24, 2.45) is 0 Å². The summed E-state index contributed by atoms with van der Waals surface area (Å²) in [6.07, 6.45) is 3.80. The molecule has 0 spiro atoms. The second-order valence-electron chi connectivity index (χ2n) is 7.77. The van der Waals surface area contributed by atoms with Gasteiger partial charge in [-0.15, -0.1) is 0 Å². The van der Waals surface area contributed by atoms with Gasteiger partial charge in [-0.3, -0.25) is 14.6 Å². The molecule has 1 aromatic carbocycles. The Kier molecular flexibility index (Phi) is 7.07. The Labute approximate surface area is 182 Å². The number of aryl methyl sites for hydroxylation is 1. The normalized spacial score (nSPS) is 18.1. The second kappa shape index (κ2) is 9.75. The number of hydrogen-bond donors (Lipinski definition) is 1. The number of carbonyl (C=O) groups is 2. The average Bonchev–Trinajstić information content (AvgIpc) is 3.00. The highest BCUT2D eigenvalue weighted by Crippen LogP contribution is 2.39. The summed E-state index contributed by atoms with van der Waals surface area (Å²) in [4.78, 5) is 31.3. The van der Waals surface area contributed by atoms with Gasteiger partial charge in [-0.1, -0.05) is 0 Å². The van der Waals surface area contributed by atoms with Gasteiger partial charge < -0.3 is 19.5 Å². The number of hydrogen-bond acceptors (Lipinski definition) is 6. The number of aliphatic hydroxyl groups excluding tert-OH is 1. The quantitative estimate of drug-likeness (QED) is 0.301. The lowest BCUT2D eigenvalue weighted by molar-refractivity contribution is -0.140. The minimum atomic E-state index is -0.697. The fourth-order valence-electron chi connectivity index (χ4n) is 3.72. The van der Waals surface area contributed by atoms with E-state index in [0.29, 0.717) is 36.4 Å². The molecule has 7 heteroatoms. The molecule has 1 aromatic heterocycles. The van der Waals surface area contributed by atoms with Crippen LogP contribution in [-0.2, 0) is 14.3 Å². The largest absolute Gasteiger partial charge is 0.507 e. The molecule has 0 radical (unpaired) electrons. The molecule has 1 aliphatic heterocycles. The van der Waals surface area contributed by atoms with E-state index < -0.39 is 17.7 Å². The van der Waals surface area contributed by atoms with Crippen LogP contribution in [0, 0.1) is 6.92 Å². The molecule has 0 unspecified atom stereocenters. The summed E-state index contributed by atoms with van der Waals surface area (Å²) in [7, 11) is 1.59. The van der Waals surface area contributed by atoms with E-state index in [2.05, 4.69) is 4.98 Å². The summed E-state index contributed by atoms with van der Waals surface area (Å²) in [6.45, 7) is 6.54. The zero-order valence-corrected chi connectivity index (χ0v) is 18.3. The van der Waals surface area contributed by atoms with Crippen molar-refractivity contribution in [3.63, 3.8) is 0 Å². The molecule has 1 aliphatic rings. The number of Topliss-reactive ketones (excluding diaryl/α,β-unsaturated/α-hetero) is 1. The number of aromatic nitrogens is 1. The molecule has 2 aromatic rings. The monoisotopic (exact) mass is 424 g/mol. The van der Waals surface area contributed by atoms with Crippen LogP contribution in [0.1, 0.15) is 43.0 Å². The van der Waals surface area contributed by atoms with Crippen LogP contribution in [0.3, 0.4) is 0 Å². The first kappa shape index (κ1) is 22.5. The van der Waals surface area contributed by atoms with Gasteiger partial charge in [0.05, 0.1) is 17.7 Å². The van der Waals surface area contributed by atoms with Gasteiger partial charge in [-0.05, 0) is 68.7 Å². The third-order valence-electron chi connectivity index (χ3n) is 5.12. The minimum Gasteiger partial charge on any atom is -0.507 e. The molecule has 1 N–H and O–H groups in total. The lowest BCUT2D eigenvalue weighted by Crippen LogP contribution is -2.31. The number of rotatable bonds is 8. The molecule has 31 heavy (non-hydrogen) atoms. The Morgan fingerprint density at radius 2 is 1.90 bits per heavy atom. The summed E-state index contributed by atoms with van der Waals surface area (Å²) in [6, 6.07) is 8.03. The maximum atomic E-state index is 13.0. The van der Waals surface area contributed by atoms with E-state index in [1.165, 1.54) is 4.90 Å². The molecule has 1 amide bonds. The lowest BCUT2D eigenvalue weighted by atomic mass is 9.95. The van der Waals surface area contributed by atoms with Crippen molar-refractivity contribution in [2.75, 3.05) is 20.3 Å². The summed E-state index contributed by atoms with van der Waals surface area (Å²) >= 11 is 0. The topological polar surface area (TPSA) is 89.0 Å². The summed E-state index contributed by atoms with van der Waals surface area (Å²) < 4.78 is 10.9. The molecule has 0 bridgehead atoms.